The molecule has 4 rings (SSSR count). The van der Waals surface area contributed by atoms with Crippen LogP contribution in [0.25, 0.3) is 16.8 Å². The van der Waals surface area contributed by atoms with Gasteiger partial charge in [-0.3, -0.25) is 10.1 Å². The first-order valence-electron chi connectivity index (χ1n) is 8.12. The van der Waals surface area contributed by atoms with Crippen LogP contribution in [0.1, 0.15) is 9.67 Å². The number of amides is 1. The maximum atomic E-state index is 12.3. The zero-order valence-corrected chi connectivity index (χ0v) is 15.5. The fourth-order valence-corrected chi connectivity index (χ4v) is 3.35. The van der Waals surface area contributed by atoms with Gasteiger partial charge in [0, 0.05) is 11.6 Å². The zero-order chi connectivity index (χ0) is 18.8. The number of nitrogens with zero attached hydrogens (tertiary/aromatic N) is 3. The summed E-state index contributed by atoms with van der Waals surface area (Å²) in [7, 11) is 3.18. The molecular weight excluding hydrogens is 364 g/mol. The second kappa shape index (κ2) is 7.08. The molecule has 0 unspecified atom stereocenters. The van der Waals surface area contributed by atoms with Crippen molar-refractivity contribution in [2.75, 3.05) is 19.5 Å². The molecule has 0 saturated heterocycles. The van der Waals surface area contributed by atoms with Crippen molar-refractivity contribution in [2.45, 2.75) is 0 Å². The number of pyridine rings is 1. The van der Waals surface area contributed by atoms with E-state index in [1.54, 1.807) is 30.9 Å². The van der Waals surface area contributed by atoms with Gasteiger partial charge in [-0.1, -0.05) is 18.2 Å². The molecule has 0 bridgehead atoms. The van der Waals surface area contributed by atoms with E-state index in [1.165, 1.54) is 11.3 Å². The summed E-state index contributed by atoms with van der Waals surface area (Å²) in [4.78, 5) is 17.4. The molecule has 3 heterocycles. The number of hydrogen-bond acceptors (Lipinski definition) is 6. The van der Waals surface area contributed by atoms with Gasteiger partial charge >= 0.3 is 0 Å². The van der Waals surface area contributed by atoms with Crippen LogP contribution in [0.15, 0.2) is 53.9 Å². The van der Waals surface area contributed by atoms with E-state index < -0.39 is 0 Å². The topological polar surface area (TPSA) is 77.8 Å². The molecule has 0 aliphatic rings. The van der Waals surface area contributed by atoms with Gasteiger partial charge in [-0.15, -0.1) is 16.4 Å². The second-order valence-electron chi connectivity index (χ2n) is 5.62. The number of methoxy groups -OCH3 is 2. The summed E-state index contributed by atoms with van der Waals surface area (Å²) < 4.78 is 12.3. The Morgan fingerprint density at radius 3 is 2.74 bits per heavy atom. The van der Waals surface area contributed by atoms with Crippen LogP contribution in [0.3, 0.4) is 0 Å². The Morgan fingerprint density at radius 2 is 2.00 bits per heavy atom. The highest BCUT2D eigenvalue weighted by atomic mass is 32.1. The third kappa shape index (κ3) is 3.22. The van der Waals surface area contributed by atoms with Gasteiger partial charge in [0.1, 0.15) is 5.75 Å². The largest absolute Gasteiger partial charge is 0.497 e. The van der Waals surface area contributed by atoms with E-state index in [9.17, 15) is 4.79 Å². The summed E-state index contributed by atoms with van der Waals surface area (Å²) >= 11 is 1.36. The number of hydrogen-bond donors (Lipinski definition) is 1. The Morgan fingerprint density at radius 1 is 1.11 bits per heavy atom. The number of fused-ring (bicyclic) bond motifs is 1. The van der Waals surface area contributed by atoms with E-state index in [0.29, 0.717) is 16.4 Å². The van der Waals surface area contributed by atoms with Gasteiger partial charge in [-0.25, -0.2) is 0 Å². The van der Waals surface area contributed by atoms with Crippen LogP contribution in [-0.4, -0.2) is 34.7 Å². The van der Waals surface area contributed by atoms with E-state index in [2.05, 4.69) is 15.4 Å². The predicted molar refractivity (Wildman–Crippen MR) is 104 cm³/mol. The average Bonchev–Trinajstić information content (AvgIpc) is 3.37. The predicted octanol–water partition coefficient (Wildman–Crippen LogP) is 3.73. The number of carbonyl (C=O) groups is 1. The van der Waals surface area contributed by atoms with Crippen molar-refractivity contribution in [2.24, 2.45) is 0 Å². The van der Waals surface area contributed by atoms with E-state index in [4.69, 9.17) is 9.47 Å². The first-order chi connectivity index (χ1) is 13.2. The molecule has 1 N–H and O–H groups in total. The van der Waals surface area contributed by atoms with E-state index in [1.807, 2.05) is 41.8 Å². The van der Waals surface area contributed by atoms with E-state index in [-0.39, 0.29) is 11.9 Å². The van der Waals surface area contributed by atoms with Gasteiger partial charge < -0.3 is 9.47 Å². The lowest BCUT2D eigenvalue weighted by Gasteiger charge is -2.08. The number of aromatic nitrogens is 3. The molecule has 0 aliphatic heterocycles. The monoisotopic (exact) mass is 380 g/mol. The van der Waals surface area contributed by atoms with Crippen LogP contribution in [0.4, 0.5) is 5.95 Å². The summed E-state index contributed by atoms with van der Waals surface area (Å²) in [6.45, 7) is 0. The van der Waals surface area contributed by atoms with E-state index >= 15 is 0 Å². The van der Waals surface area contributed by atoms with Crippen molar-refractivity contribution in [1.82, 2.24) is 14.6 Å². The van der Waals surface area contributed by atoms with Crippen molar-refractivity contribution in [3.8, 4) is 22.8 Å². The third-order valence-corrected chi connectivity index (χ3v) is 4.88. The quantitative estimate of drug-likeness (QED) is 0.571. The number of benzene rings is 1. The van der Waals surface area contributed by atoms with Gasteiger partial charge in [0.25, 0.3) is 5.91 Å². The van der Waals surface area contributed by atoms with E-state index in [0.717, 1.165) is 16.9 Å². The molecule has 0 aliphatic carbocycles. The minimum absolute atomic E-state index is 0.210. The van der Waals surface area contributed by atoms with Crippen LogP contribution in [0.2, 0.25) is 0 Å². The Labute approximate surface area is 159 Å². The van der Waals surface area contributed by atoms with Gasteiger partial charge in [-0.05, 0) is 35.2 Å². The maximum Gasteiger partial charge on any atom is 0.268 e. The minimum Gasteiger partial charge on any atom is -0.497 e. The molecule has 0 fully saturated rings. The number of carbonyl (C=O) groups excluding carboxylic acids is 1. The molecule has 0 spiro atoms. The number of ether oxygens (including phenoxy) is 2. The average molecular weight is 380 g/mol. The fraction of sp³-hybridized carbons (Fsp3) is 0.105. The van der Waals surface area contributed by atoms with Crippen molar-refractivity contribution < 1.29 is 14.3 Å². The molecule has 136 valence electrons. The molecule has 1 aromatic carbocycles. The van der Waals surface area contributed by atoms with Crippen LogP contribution in [0.5, 0.6) is 11.6 Å². The number of nitrogens with one attached hydrogen (secondary N) is 1. The van der Waals surface area contributed by atoms with Crippen molar-refractivity contribution in [3.63, 3.8) is 0 Å². The smallest absolute Gasteiger partial charge is 0.268 e. The molecule has 27 heavy (non-hydrogen) atoms. The first kappa shape index (κ1) is 17.0. The maximum absolute atomic E-state index is 12.3. The molecule has 8 heteroatoms. The lowest BCUT2D eigenvalue weighted by atomic mass is 10.1. The van der Waals surface area contributed by atoms with Crippen LogP contribution in [-0.2, 0) is 0 Å². The SMILES string of the molecule is COc1cccc(-c2ccc(OC)n3nc(NC(=O)c4cccs4)nc23)c1. The summed E-state index contributed by atoms with van der Waals surface area (Å²) in [5.41, 5.74) is 2.34. The van der Waals surface area contributed by atoms with Crippen LogP contribution >= 0.6 is 11.3 Å². The van der Waals surface area contributed by atoms with Crippen molar-refractivity contribution in [1.29, 1.82) is 0 Å². The summed E-state index contributed by atoms with van der Waals surface area (Å²) in [5.74, 6) is 1.22. The molecule has 7 nitrogen and oxygen atoms in total. The highest BCUT2D eigenvalue weighted by molar-refractivity contribution is 7.12. The standard InChI is InChI=1S/C19H16N4O3S/c1-25-13-6-3-5-12(11-13)14-8-9-16(26-2)23-17(14)20-19(22-23)21-18(24)15-7-4-10-27-15/h3-11H,1-2H3,(H,21,22,24). The highest BCUT2D eigenvalue weighted by Gasteiger charge is 2.16. The first-order valence-corrected chi connectivity index (χ1v) is 9.00. The minimum atomic E-state index is -0.247. The number of anilines is 1. The van der Waals surface area contributed by atoms with Gasteiger partial charge in [-0.2, -0.15) is 9.50 Å². The molecule has 0 radical (unpaired) electrons. The van der Waals surface area contributed by atoms with Gasteiger partial charge in [0.15, 0.2) is 5.65 Å². The highest BCUT2D eigenvalue weighted by Crippen LogP contribution is 2.30. The Hall–Kier alpha value is -3.39. The second-order valence-corrected chi connectivity index (χ2v) is 6.57. The normalized spacial score (nSPS) is 10.7. The molecule has 0 atom stereocenters. The molecule has 4 aromatic rings. The van der Waals surface area contributed by atoms with Crippen molar-refractivity contribution in [3.05, 3.63) is 58.8 Å². The number of thiophene rings is 1. The molecule has 0 saturated carbocycles. The lowest BCUT2D eigenvalue weighted by Crippen LogP contribution is -2.11. The Bertz CT molecular complexity index is 1110. The van der Waals surface area contributed by atoms with Crippen molar-refractivity contribution >= 4 is 28.8 Å². The van der Waals surface area contributed by atoms with Gasteiger partial charge in [0.2, 0.25) is 11.8 Å². The fourth-order valence-electron chi connectivity index (χ4n) is 2.73. The number of rotatable bonds is 5. The lowest BCUT2D eigenvalue weighted by molar-refractivity contribution is 0.102. The van der Waals surface area contributed by atoms with Gasteiger partial charge in [0.05, 0.1) is 19.1 Å². The molecular formula is C19H16N4O3S. The zero-order valence-electron chi connectivity index (χ0n) is 14.7. The summed E-state index contributed by atoms with van der Waals surface area (Å²) in [6.07, 6.45) is 0. The third-order valence-electron chi connectivity index (χ3n) is 4.01. The Kier molecular flexibility index (Phi) is 4.47. The van der Waals surface area contributed by atoms with Crippen LogP contribution < -0.4 is 14.8 Å². The van der Waals surface area contributed by atoms with Crippen LogP contribution in [0, 0.1) is 0 Å². The molecule has 1 amide bonds. The summed E-state index contributed by atoms with van der Waals surface area (Å²) in [6, 6.07) is 14.9. The summed E-state index contributed by atoms with van der Waals surface area (Å²) in [5, 5.41) is 8.96. The Balaban J connectivity index is 1.79. The molecule has 3 aromatic heterocycles.